The van der Waals surface area contributed by atoms with Crippen molar-refractivity contribution in [3.05, 3.63) is 33.9 Å². The molecule has 0 atom stereocenters. The first-order valence-electron chi connectivity index (χ1n) is 6.90. The third-order valence-corrected chi connectivity index (χ3v) is 4.06. The molecular weight excluding hydrogens is 304 g/mol. The molecule has 0 aliphatic rings. The van der Waals surface area contributed by atoms with Crippen LogP contribution in [0.2, 0.25) is 5.02 Å². The van der Waals surface area contributed by atoms with Crippen molar-refractivity contribution in [2.75, 3.05) is 0 Å². The number of nitrogens with zero attached hydrogens (tertiary/aromatic N) is 5. The summed E-state index contributed by atoms with van der Waals surface area (Å²) in [6.45, 7) is 6.12. The molecule has 0 aliphatic carbocycles. The number of nitrogens with one attached hydrogen (secondary N) is 1. The summed E-state index contributed by atoms with van der Waals surface area (Å²) in [7, 11) is 1.85. The fourth-order valence-corrected chi connectivity index (χ4v) is 2.11. The summed E-state index contributed by atoms with van der Waals surface area (Å²) in [4.78, 5) is 11.8. The number of hydrogen-bond donors (Lipinski definition) is 1. The van der Waals surface area contributed by atoms with Gasteiger partial charge in [0.25, 0.3) is 0 Å². The Balaban J connectivity index is 1.86. The van der Waals surface area contributed by atoms with Crippen LogP contribution in [0.3, 0.4) is 0 Å². The average molecular weight is 323 g/mol. The minimum atomic E-state index is -0.179. The van der Waals surface area contributed by atoms with E-state index in [0.717, 1.165) is 22.6 Å². The number of halogens is 1. The van der Waals surface area contributed by atoms with Gasteiger partial charge >= 0.3 is 0 Å². The van der Waals surface area contributed by atoms with E-state index in [0.29, 0.717) is 11.6 Å². The fraction of sp³-hybridized carbons (Fsp3) is 0.429. The molecule has 8 heteroatoms. The molecule has 7 nitrogen and oxygen atoms in total. The molecule has 2 heterocycles. The van der Waals surface area contributed by atoms with Gasteiger partial charge in [-0.2, -0.15) is 15.3 Å². The second kappa shape index (κ2) is 6.74. The largest absolute Gasteiger partial charge is 0.273 e. The predicted molar refractivity (Wildman–Crippen MR) is 85.0 cm³/mol. The van der Waals surface area contributed by atoms with Gasteiger partial charge in [0.05, 0.1) is 35.4 Å². The van der Waals surface area contributed by atoms with Crippen LogP contribution in [0.15, 0.2) is 11.3 Å². The summed E-state index contributed by atoms with van der Waals surface area (Å²) < 4.78 is 3.47. The van der Waals surface area contributed by atoms with Crippen LogP contribution in [0.5, 0.6) is 0 Å². The summed E-state index contributed by atoms with van der Waals surface area (Å²) in [5.74, 6) is -0.179. The lowest BCUT2D eigenvalue weighted by atomic mass is 10.3. The van der Waals surface area contributed by atoms with Gasteiger partial charge in [-0.05, 0) is 20.8 Å². The van der Waals surface area contributed by atoms with Crippen LogP contribution in [-0.2, 0) is 18.4 Å². The lowest BCUT2D eigenvalue weighted by Crippen LogP contribution is -2.20. The molecule has 118 valence electrons. The van der Waals surface area contributed by atoms with Gasteiger partial charge < -0.3 is 0 Å². The highest BCUT2D eigenvalue weighted by Crippen LogP contribution is 2.18. The minimum absolute atomic E-state index is 0.179. The third kappa shape index (κ3) is 3.54. The molecule has 0 spiro atoms. The SMILES string of the molecule is Cc1nn(CCC(=O)N/N=C\c2cnn(C)c2C)c(C)c1Cl. The van der Waals surface area contributed by atoms with E-state index in [4.69, 9.17) is 11.6 Å². The smallest absolute Gasteiger partial charge is 0.241 e. The zero-order chi connectivity index (χ0) is 16.3. The van der Waals surface area contributed by atoms with E-state index in [1.54, 1.807) is 21.8 Å². The van der Waals surface area contributed by atoms with E-state index in [-0.39, 0.29) is 12.3 Å². The van der Waals surface area contributed by atoms with Gasteiger partial charge in [-0.3, -0.25) is 14.2 Å². The molecular formula is C14H19ClN6O. The number of carbonyl (C=O) groups is 1. The summed E-state index contributed by atoms with van der Waals surface area (Å²) in [6.07, 6.45) is 3.56. The molecule has 1 N–H and O–H groups in total. The minimum Gasteiger partial charge on any atom is -0.273 e. The van der Waals surface area contributed by atoms with Crippen molar-refractivity contribution in [1.82, 2.24) is 25.0 Å². The molecule has 0 fully saturated rings. The van der Waals surface area contributed by atoms with E-state index >= 15 is 0 Å². The van der Waals surface area contributed by atoms with Gasteiger partial charge in [0.15, 0.2) is 0 Å². The number of hydrazone groups is 1. The van der Waals surface area contributed by atoms with Crippen molar-refractivity contribution in [3.63, 3.8) is 0 Å². The number of hydrogen-bond acceptors (Lipinski definition) is 4. The molecule has 0 aliphatic heterocycles. The van der Waals surface area contributed by atoms with Crippen LogP contribution >= 0.6 is 11.6 Å². The molecule has 2 aromatic rings. The Morgan fingerprint density at radius 3 is 2.68 bits per heavy atom. The first-order valence-corrected chi connectivity index (χ1v) is 7.28. The number of amides is 1. The van der Waals surface area contributed by atoms with E-state index in [1.165, 1.54) is 0 Å². The molecule has 0 aromatic carbocycles. The second-order valence-electron chi connectivity index (χ2n) is 5.06. The molecule has 2 aromatic heterocycles. The highest BCUT2D eigenvalue weighted by molar-refractivity contribution is 6.31. The maximum atomic E-state index is 11.8. The van der Waals surface area contributed by atoms with Gasteiger partial charge in [-0.1, -0.05) is 11.6 Å². The van der Waals surface area contributed by atoms with Crippen molar-refractivity contribution in [2.24, 2.45) is 12.1 Å². The molecule has 2 rings (SSSR count). The van der Waals surface area contributed by atoms with Crippen LogP contribution < -0.4 is 5.43 Å². The molecule has 0 saturated carbocycles. The van der Waals surface area contributed by atoms with Crippen LogP contribution in [0.4, 0.5) is 0 Å². The van der Waals surface area contributed by atoms with Crippen molar-refractivity contribution in [2.45, 2.75) is 33.7 Å². The monoisotopic (exact) mass is 322 g/mol. The second-order valence-corrected chi connectivity index (χ2v) is 5.44. The number of rotatable bonds is 5. The maximum Gasteiger partial charge on any atom is 0.241 e. The first-order chi connectivity index (χ1) is 10.4. The average Bonchev–Trinajstić information content (AvgIpc) is 2.93. The standard InChI is InChI=1S/C14H19ClN6O/c1-9-14(15)11(3)21(19-9)6-5-13(22)18-16-7-12-8-17-20(4)10(12)2/h7-8H,5-6H2,1-4H3,(H,18,22)/b16-7-. The molecule has 0 unspecified atom stereocenters. The third-order valence-electron chi connectivity index (χ3n) is 3.51. The summed E-state index contributed by atoms with van der Waals surface area (Å²) >= 11 is 6.07. The van der Waals surface area contributed by atoms with Crippen molar-refractivity contribution >= 4 is 23.7 Å². The Morgan fingerprint density at radius 1 is 1.41 bits per heavy atom. The predicted octanol–water partition coefficient (Wildman–Crippen LogP) is 1.74. The van der Waals surface area contributed by atoms with Gasteiger partial charge in [0, 0.05) is 24.7 Å². The maximum absolute atomic E-state index is 11.8. The molecule has 22 heavy (non-hydrogen) atoms. The van der Waals surface area contributed by atoms with E-state index in [2.05, 4.69) is 20.7 Å². The lowest BCUT2D eigenvalue weighted by Gasteiger charge is -2.03. The van der Waals surface area contributed by atoms with Gasteiger partial charge in [0.2, 0.25) is 5.91 Å². The highest BCUT2D eigenvalue weighted by Gasteiger charge is 2.10. The van der Waals surface area contributed by atoms with E-state index in [1.807, 2.05) is 27.8 Å². The Kier molecular flexibility index (Phi) is 4.97. The Morgan fingerprint density at radius 2 is 2.14 bits per heavy atom. The Hall–Kier alpha value is -2.15. The molecule has 0 bridgehead atoms. The normalized spacial score (nSPS) is 11.3. The highest BCUT2D eigenvalue weighted by atomic mass is 35.5. The Bertz CT molecular complexity index is 715. The van der Waals surface area contributed by atoms with Gasteiger partial charge in [-0.25, -0.2) is 5.43 Å². The lowest BCUT2D eigenvalue weighted by molar-refractivity contribution is -0.121. The fourth-order valence-electron chi connectivity index (χ4n) is 1.97. The zero-order valence-corrected chi connectivity index (χ0v) is 13.8. The van der Waals surface area contributed by atoms with Crippen molar-refractivity contribution in [3.8, 4) is 0 Å². The van der Waals surface area contributed by atoms with Crippen LogP contribution in [0.1, 0.15) is 29.1 Å². The van der Waals surface area contributed by atoms with E-state index < -0.39 is 0 Å². The summed E-state index contributed by atoms with van der Waals surface area (Å²) in [6, 6.07) is 0. The van der Waals surface area contributed by atoms with Crippen molar-refractivity contribution < 1.29 is 4.79 Å². The van der Waals surface area contributed by atoms with Crippen LogP contribution in [0.25, 0.3) is 0 Å². The topological polar surface area (TPSA) is 77.1 Å². The molecule has 0 radical (unpaired) electrons. The van der Waals surface area contributed by atoms with Crippen LogP contribution in [-0.4, -0.2) is 31.7 Å². The van der Waals surface area contributed by atoms with E-state index in [9.17, 15) is 4.79 Å². The summed E-state index contributed by atoms with van der Waals surface area (Å²) in [5, 5.41) is 13.0. The Labute approximate surface area is 134 Å². The van der Waals surface area contributed by atoms with Gasteiger partial charge in [0.1, 0.15) is 0 Å². The van der Waals surface area contributed by atoms with Gasteiger partial charge in [-0.15, -0.1) is 0 Å². The van der Waals surface area contributed by atoms with Crippen molar-refractivity contribution in [1.29, 1.82) is 0 Å². The first kappa shape index (κ1) is 16.2. The quantitative estimate of drug-likeness (QED) is 0.673. The summed E-state index contributed by atoms with van der Waals surface area (Å²) in [5.41, 5.74) is 5.98. The molecule has 1 amide bonds. The van der Waals surface area contributed by atoms with Crippen LogP contribution in [0, 0.1) is 20.8 Å². The number of aromatic nitrogens is 4. The molecule has 0 saturated heterocycles. The number of aryl methyl sites for hydroxylation is 3. The zero-order valence-electron chi connectivity index (χ0n) is 13.1. The number of carbonyl (C=O) groups excluding carboxylic acids is 1.